The van der Waals surface area contributed by atoms with Crippen molar-refractivity contribution >= 4 is 9.24 Å². The van der Waals surface area contributed by atoms with Crippen molar-refractivity contribution in [1.82, 2.24) is 0 Å². The second-order valence-electron chi connectivity index (χ2n) is 13.2. The van der Waals surface area contributed by atoms with E-state index in [4.69, 9.17) is 0 Å². The maximum atomic E-state index is 3.54. The van der Waals surface area contributed by atoms with Gasteiger partial charge in [-0.15, -0.1) is 9.24 Å². The zero-order chi connectivity index (χ0) is 30.8. The SMILES string of the molecule is CCCCc1ccc(C(P)(CCCC)c2ccc(CCCC)c(CCCC)c2CCCC)c(CCCC)c1CCCC. The molecule has 238 valence electrons. The van der Waals surface area contributed by atoms with Crippen LogP contribution in [0.25, 0.3) is 0 Å². The summed E-state index contributed by atoms with van der Waals surface area (Å²) in [6.07, 6.45) is 26.6. The first kappa shape index (κ1) is 37.1. The summed E-state index contributed by atoms with van der Waals surface area (Å²) in [6, 6.07) is 10.3. The molecule has 0 heterocycles. The molecule has 0 fully saturated rings. The van der Waals surface area contributed by atoms with Crippen molar-refractivity contribution in [3.63, 3.8) is 0 Å². The van der Waals surface area contributed by atoms with E-state index < -0.39 is 0 Å². The van der Waals surface area contributed by atoms with Gasteiger partial charge in [-0.3, -0.25) is 0 Å². The largest absolute Gasteiger partial charge is 0.122 e. The van der Waals surface area contributed by atoms with Gasteiger partial charge in [-0.1, -0.05) is 124 Å². The molecule has 0 saturated heterocycles. The highest BCUT2D eigenvalue weighted by molar-refractivity contribution is 7.19. The van der Waals surface area contributed by atoms with Gasteiger partial charge in [0.05, 0.1) is 0 Å². The van der Waals surface area contributed by atoms with Crippen molar-refractivity contribution < 1.29 is 0 Å². The zero-order valence-corrected chi connectivity index (χ0v) is 30.4. The summed E-state index contributed by atoms with van der Waals surface area (Å²) in [5.74, 6) is 0. The molecule has 0 bridgehead atoms. The van der Waals surface area contributed by atoms with Gasteiger partial charge in [0.1, 0.15) is 0 Å². The Balaban J connectivity index is 2.93. The molecule has 0 radical (unpaired) electrons. The fraction of sp³-hybridized carbons (Fsp3) is 0.707. The molecule has 0 spiro atoms. The first-order valence-electron chi connectivity index (χ1n) is 18.5. The summed E-state index contributed by atoms with van der Waals surface area (Å²) in [6.45, 7) is 16.5. The lowest BCUT2D eigenvalue weighted by Crippen LogP contribution is -2.26. The van der Waals surface area contributed by atoms with Gasteiger partial charge in [-0.25, -0.2) is 0 Å². The minimum atomic E-state index is -0.0172. The third kappa shape index (κ3) is 10.2. The Bertz CT molecular complexity index is 941. The van der Waals surface area contributed by atoms with E-state index in [-0.39, 0.29) is 5.16 Å². The quantitative estimate of drug-likeness (QED) is 0.113. The lowest BCUT2D eigenvalue weighted by Gasteiger charge is -2.37. The van der Waals surface area contributed by atoms with Gasteiger partial charge in [-0.05, 0) is 128 Å². The molecule has 0 amide bonds. The lowest BCUT2D eigenvalue weighted by atomic mass is 9.75. The summed E-state index contributed by atoms with van der Waals surface area (Å²) in [7, 11) is 3.54. The van der Waals surface area contributed by atoms with Crippen molar-refractivity contribution in [2.45, 2.75) is 188 Å². The van der Waals surface area contributed by atoms with E-state index in [1.54, 1.807) is 44.5 Å². The molecule has 0 saturated carbocycles. The Morgan fingerprint density at radius 2 is 0.714 bits per heavy atom. The number of benzene rings is 2. The number of hydrogen-bond acceptors (Lipinski definition) is 0. The molecule has 2 aromatic carbocycles. The zero-order valence-electron chi connectivity index (χ0n) is 29.2. The van der Waals surface area contributed by atoms with E-state index in [1.165, 1.54) is 135 Å². The molecular formula is C41H69P. The van der Waals surface area contributed by atoms with Gasteiger partial charge in [0.15, 0.2) is 0 Å². The Hall–Kier alpha value is -1.13. The van der Waals surface area contributed by atoms with Crippen LogP contribution in [0.1, 0.15) is 189 Å². The molecule has 1 atom stereocenters. The van der Waals surface area contributed by atoms with Crippen molar-refractivity contribution in [2.75, 3.05) is 0 Å². The molecule has 0 aliphatic carbocycles. The van der Waals surface area contributed by atoms with Crippen LogP contribution in [-0.2, 0) is 43.7 Å². The van der Waals surface area contributed by atoms with Gasteiger partial charge in [0, 0.05) is 5.16 Å². The van der Waals surface area contributed by atoms with Crippen LogP contribution in [-0.4, -0.2) is 0 Å². The van der Waals surface area contributed by atoms with E-state index in [2.05, 4.69) is 82.0 Å². The summed E-state index contributed by atoms with van der Waals surface area (Å²) >= 11 is 0. The Morgan fingerprint density at radius 1 is 0.405 bits per heavy atom. The van der Waals surface area contributed by atoms with E-state index in [1.807, 2.05) is 0 Å². The predicted molar refractivity (Wildman–Crippen MR) is 195 cm³/mol. The van der Waals surface area contributed by atoms with Crippen LogP contribution >= 0.6 is 9.24 Å². The van der Waals surface area contributed by atoms with E-state index in [0.29, 0.717) is 0 Å². The van der Waals surface area contributed by atoms with Crippen LogP contribution in [0.5, 0.6) is 0 Å². The maximum absolute atomic E-state index is 3.54. The molecule has 0 nitrogen and oxygen atoms in total. The minimum Gasteiger partial charge on any atom is -0.122 e. The molecular weight excluding hydrogens is 523 g/mol. The van der Waals surface area contributed by atoms with E-state index in [0.717, 1.165) is 0 Å². The van der Waals surface area contributed by atoms with E-state index >= 15 is 0 Å². The molecule has 42 heavy (non-hydrogen) atoms. The van der Waals surface area contributed by atoms with Crippen molar-refractivity contribution in [3.8, 4) is 0 Å². The Labute approximate surface area is 265 Å². The monoisotopic (exact) mass is 593 g/mol. The highest BCUT2D eigenvalue weighted by Crippen LogP contribution is 2.49. The standard InChI is InChI=1S/C41H69P/c1-8-15-22-33-28-30-39(37(26-19-12-5)35(33)24-17-10-3)41(42,32-21-14-7)40-31-29-34(23-16-9-2)36(25-18-11-4)38(40)27-20-13-6/h28-31H,8-27,32,42H2,1-7H3. The highest BCUT2D eigenvalue weighted by atomic mass is 31.0. The highest BCUT2D eigenvalue weighted by Gasteiger charge is 2.35. The molecule has 0 aliphatic heterocycles. The van der Waals surface area contributed by atoms with Crippen molar-refractivity contribution in [1.29, 1.82) is 0 Å². The van der Waals surface area contributed by atoms with Crippen LogP contribution < -0.4 is 0 Å². The first-order chi connectivity index (χ1) is 20.5. The van der Waals surface area contributed by atoms with E-state index in [9.17, 15) is 0 Å². The summed E-state index contributed by atoms with van der Waals surface area (Å²) < 4.78 is 0. The molecule has 0 N–H and O–H groups in total. The minimum absolute atomic E-state index is 0.0172. The Morgan fingerprint density at radius 3 is 1.05 bits per heavy atom. The third-order valence-electron chi connectivity index (χ3n) is 9.66. The molecule has 2 aromatic rings. The van der Waals surface area contributed by atoms with Crippen molar-refractivity contribution in [2.24, 2.45) is 0 Å². The number of unbranched alkanes of at least 4 members (excludes halogenated alkanes) is 7. The Kier molecular flexibility index (Phi) is 18.3. The summed E-state index contributed by atoms with van der Waals surface area (Å²) in [5, 5.41) is -0.0172. The number of aryl methyl sites for hydroxylation is 2. The normalized spacial score (nSPS) is 11.9. The molecule has 0 aromatic heterocycles. The third-order valence-corrected chi connectivity index (χ3v) is 10.6. The fourth-order valence-corrected chi connectivity index (χ4v) is 7.75. The molecule has 2 rings (SSSR count). The van der Waals surface area contributed by atoms with Gasteiger partial charge in [-0.2, -0.15) is 0 Å². The fourth-order valence-electron chi connectivity index (χ4n) is 7.00. The van der Waals surface area contributed by atoms with Gasteiger partial charge in [0.25, 0.3) is 0 Å². The van der Waals surface area contributed by atoms with Gasteiger partial charge in [0.2, 0.25) is 0 Å². The van der Waals surface area contributed by atoms with Gasteiger partial charge >= 0.3 is 0 Å². The van der Waals surface area contributed by atoms with Gasteiger partial charge < -0.3 is 0 Å². The first-order valence-corrected chi connectivity index (χ1v) is 19.1. The molecule has 1 unspecified atom stereocenters. The predicted octanol–water partition coefficient (Wildman–Crippen LogP) is 13.1. The van der Waals surface area contributed by atoms with Crippen LogP contribution in [0, 0.1) is 0 Å². The number of rotatable bonds is 23. The van der Waals surface area contributed by atoms with Crippen LogP contribution in [0.2, 0.25) is 0 Å². The number of hydrogen-bond donors (Lipinski definition) is 0. The average molecular weight is 593 g/mol. The lowest BCUT2D eigenvalue weighted by molar-refractivity contribution is 0.588. The molecule has 0 aliphatic rings. The second kappa shape index (κ2) is 20.8. The van der Waals surface area contributed by atoms with Crippen molar-refractivity contribution in [3.05, 3.63) is 68.8 Å². The summed E-state index contributed by atoms with van der Waals surface area (Å²) in [4.78, 5) is 0. The average Bonchev–Trinajstić information content (AvgIpc) is 3.01. The second-order valence-corrected chi connectivity index (χ2v) is 14.1. The topological polar surface area (TPSA) is 0 Å². The molecule has 1 heteroatoms. The van der Waals surface area contributed by atoms with Crippen LogP contribution in [0.15, 0.2) is 24.3 Å². The summed E-state index contributed by atoms with van der Waals surface area (Å²) in [5.41, 5.74) is 13.5. The maximum Gasteiger partial charge on any atom is 0.0350 e. The van der Waals surface area contributed by atoms with Crippen LogP contribution in [0.3, 0.4) is 0 Å². The van der Waals surface area contributed by atoms with Crippen LogP contribution in [0.4, 0.5) is 0 Å². The smallest absolute Gasteiger partial charge is 0.0350 e.